The van der Waals surface area contributed by atoms with Crippen molar-refractivity contribution < 1.29 is 24.9 Å². The van der Waals surface area contributed by atoms with E-state index in [2.05, 4.69) is 9.97 Å². The van der Waals surface area contributed by atoms with Crippen molar-refractivity contribution in [2.24, 2.45) is 0 Å². The first-order valence-corrected chi connectivity index (χ1v) is 8.34. The summed E-state index contributed by atoms with van der Waals surface area (Å²) in [6, 6.07) is -1.90. The lowest BCUT2D eigenvalue weighted by Gasteiger charge is -2.37. The summed E-state index contributed by atoms with van der Waals surface area (Å²) in [5.41, 5.74) is 0.210. The van der Waals surface area contributed by atoms with Crippen molar-refractivity contribution in [3.05, 3.63) is 34.0 Å². The number of aromatic nitrogens is 2. The molecule has 1 aliphatic carbocycles. The lowest BCUT2D eigenvalue weighted by molar-refractivity contribution is -0.0126. The van der Waals surface area contributed by atoms with Gasteiger partial charge < -0.3 is 25.0 Å². The van der Waals surface area contributed by atoms with Gasteiger partial charge in [0.1, 0.15) is 5.60 Å². The second-order valence-corrected chi connectivity index (χ2v) is 7.03. The Kier molecular flexibility index (Phi) is 6.17. The number of aliphatic hydroxyl groups is 3. The third kappa shape index (κ3) is 4.12. The molecule has 144 valence electrons. The number of H-pyrrole nitrogens is 1. The highest BCUT2D eigenvalue weighted by Crippen LogP contribution is 2.30. The molecular formula is C17H25N3O6. The van der Waals surface area contributed by atoms with E-state index in [0.717, 1.165) is 4.90 Å². The molecule has 1 amide bonds. The van der Waals surface area contributed by atoms with E-state index in [1.54, 1.807) is 26.8 Å². The monoisotopic (exact) mass is 367 g/mol. The van der Waals surface area contributed by atoms with Crippen LogP contribution in [0.5, 0.6) is 0 Å². The highest BCUT2D eigenvalue weighted by Gasteiger charge is 2.37. The van der Waals surface area contributed by atoms with Gasteiger partial charge in [0.05, 0.1) is 43.9 Å². The number of allylic oxidation sites excluding steroid dienone is 1. The van der Waals surface area contributed by atoms with Gasteiger partial charge in [-0.2, -0.15) is 0 Å². The van der Waals surface area contributed by atoms with Gasteiger partial charge in [-0.25, -0.2) is 9.78 Å². The van der Waals surface area contributed by atoms with E-state index < -0.39 is 43.6 Å². The molecule has 1 atom stereocenters. The molecule has 1 heterocycles. The summed E-state index contributed by atoms with van der Waals surface area (Å²) >= 11 is 0. The number of rotatable bonds is 6. The summed E-state index contributed by atoms with van der Waals surface area (Å²) in [5.74, 6) is 0. The third-order valence-corrected chi connectivity index (χ3v) is 4.04. The summed E-state index contributed by atoms with van der Waals surface area (Å²) in [6.45, 7) is 3.54. The van der Waals surface area contributed by atoms with E-state index in [1.807, 2.05) is 0 Å². The molecule has 0 aliphatic heterocycles. The summed E-state index contributed by atoms with van der Waals surface area (Å²) in [4.78, 5) is 32.4. The van der Waals surface area contributed by atoms with Gasteiger partial charge in [-0.15, -0.1) is 0 Å². The smallest absolute Gasteiger partial charge is 0.411 e. The molecule has 4 N–H and O–H groups in total. The molecule has 0 radical (unpaired) electrons. The van der Waals surface area contributed by atoms with Crippen LogP contribution in [0.3, 0.4) is 0 Å². The van der Waals surface area contributed by atoms with Crippen molar-refractivity contribution in [1.29, 1.82) is 0 Å². The second-order valence-electron chi connectivity index (χ2n) is 7.03. The molecule has 9 heteroatoms. The maximum absolute atomic E-state index is 12.7. The van der Waals surface area contributed by atoms with Gasteiger partial charge in [0.15, 0.2) is 0 Å². The lowest BCUT2D eigenvalue weighted by atomic mass is 10.0. The van der Waals surface area contributed by atoms with Gasteiger partial charge in [0.2, 0.25) is 0 Å². The molecule has 0 fully saturated rings. The Morgan fingerprint density at radius 3 is 2.50 bits per heavy atom. The minimum absolute atomic E-state index is 0.289. The summed E-state index contributed by atoms with van der Waals surface area (Å²) in [7, 11) is 0. The Bertz CT molecular complexity index is 733. The zero-order valence-corrected chi connectivity index (χ0v) is 15.1. The number of carbonyl (C=O) groups is 1. The van der Waals surface area contributed by atoms with Crippen LogP contribution < -0.4 is 5.56 Å². The molecular weight excluding hydrogens is 342 g/mol. The molecule has 2 rings (SSSR count). The highest BCUT2D eigenvalue weighted by atomic mass is 16.6. The first-order valence-electron chi connectivity index (χ1n) is 8.34. The number of amides is 1. The minimum Gasteiger partial charge on any atom is -0.444 e. The van der Waals surface area contributed by atoms with Crippen LogP contribution in [0.4, 0.5) is 4.79 Å². The fraction of sp³-hybridized carbons (Fsp3) is 0.588. The first kappa shape index (κ1) is 20.1. The molecule has 26 heavy (non-hydrogen) atoms. The molecule has 0 aromatic carbocycles. The average Bonchev–Trinajstić information content (AvgIpc) is 2.99. The number of nitrogens with one attached hydrogen (secondary N) is 1. The number of aromatic amines is 1. The fourth-order valence-electron chi connectivity index (χ4n) is 2.88. The van der Waals surface area contributed by atoms with E-state index in [1.165, 1.54) is 6.33 Å². The molecule has 0 bridgehead atoms. The summed E-state index contributed by atoms with van der Waals surface area (Å²) in [5, 5.41) is 29.1. The zero-order valence-electron chi connectivity index (χ0n) is 15.1. The summed E-state index contributed by atoms with van der Waals surface area (Å²) < 4.78 is 5.38. The van der Waals surface area contributed by atoms with E-state index in [4.69, 9.17) is 4.74 Å². The number of fused-ring (bicyclic) bond motifs is 1. The molecule has 0 unspecified atom stereocenters. The van der Waals surface area contributed by atoms with Gasteiger partial charge in [0.25, 0.3) is 5.56 Å². The highest BCUT2D eigenvalue weighted by molar-refractivity contribution is 5.78. The Balaban J connectivity index is 2.44. The van der Waals surface area contributed by atoms with Crippen molar-refractivity contribution in [3.63, 3.8) is 0 Å². The van der Waals surface area contributed by atoms with Gasteiger partial charge in [0, 0.05) is 5.56 Å². The molecule has 0 spiro atoms. The number of aliphatic hydroxyl groups excluding tert-OH is 3. The zero-order chi connectivity index (χ0) is 19.5. The Morgan fingerprint density at radius 1 is 1.31 bits per heavy atom. The molecule has 1 aliphatic rings. The molecule has 1 aromatic heterocycles. The Labute approximate surface area is 150 Å². The van der Waals surface area contributed by atoms with Crippen LogP contribution in [-0.4, -0.2) is 73.8 Å². The van der Waals surface area contributed by atoms with Gasteiger partial charge in [-0.1, -0.05) is 6.08 Å². The SMILES string of the molecule is CC(C)(C)OC(=O)N(C(CO)CO)[C@H](CO)C1=CCc2c1nc[nH]c2=O. The molecule has 1 aromatic rings. The van der Waals surface area contributed by atoms with E-state index in [9.17, 15) is 24.9 Å². The van der Waals surface area contributed by atoms with Crippen LogP contribution in [0.25, 0.3) is 5.57 Å². The topological polar surface area (TPSA) is 136 Å². The van der Waals surface area contributed by atoms with Crippen LogP contribution >= 0.6 is 0 Å². The Morgan fingerprint density at radius 2 is 1.96 bits per heavy atom. The predicted octanol–water partition coefficient (Wildman–Crippen LogP) is -0.339. The number of nitrogens with zero attached hydrogens (tertiary/aromatic N) is 2. The average molecular weight is 367 g/mol. The maximum Gasteiger partial charge on any atom is 0.411 e. The first-order chi connectivity index (χ1) is 12.2. The van der Waals surface area contributed by atoms with Crippen molar-refractivity contribution in [1.82, 2.24) is 14.9 Å². The Hall–Kier alpha value is -2.23. The van der Waals surface area contributed by atoms with E-state index >= 15 is 0 Å². The van der Waals surface area contributed by atoms with E-state index in [0.29, 0.717) is 23.3 Å². The second kappa shape index (κ2) is 7.98. The normalized spacial score (nSPS) is 14.8. The lowest BCUT2D eigenvalue weighted by Crippen LogP contribution is -2.53. The number of hydrogen-bond donors (Lipinski definition) is 4. The van der Waals surface area contributed by atoms with Crippen molar-refractivity contribution in [3.8, 4) is 0 Å². The molecule has 0 saturated carbocycles. The van der Waals surface area contributed by atoms with Crippen molar-refractivity contribution >= 4 is 11.7 Å². The number of ether oxygens (including phenoxy) is 1. The van der Waals surface area contributed by atoms with Crippen molar-refractivity contribution in [2.75, 3.05) is 19.8 Å². The molecule has 0 saturated heterocycles. The molecule has 9 nitrogen and oxygen atoms in total. The largest absolute Gasteiger partial charge is 0.444 e. The standard InChI is InChI=1S/C17H25N3O6/c1-17(2,3)26-16(25)20(10(6-21)7-22)13(8-23)11-4-5-12-14(11)18-9-19-15(12)24/h4,9-10,13,21-23H,5-8H2,1-3H3,(H,18,19,24)/t13-/m1/s1. The van der Waals surface area contributed by atoms with Crippen LogP contribution in [0, 0.1) is 0 Å². The van der Waals surface area contributed by atoms with Crippen molar-refractivity contribution in [2.45, 2.75) is 44.9 Å². The van der Waals surface area contributed by atoms with Gasteiger partial charge >= 0.3 is 6.09 Å². The summed E-state index contributed by atoms with van der Waals surface area (Å²) in [6.07, 6.45) is 2.48. The van der Waals surface area contributed by atoms with Gasteiger partial charge in [-0.3, -0.25) is 9.69 Å². The fourth-order valence-corrected chi connectivity index (χ4v) is 2.88. The minimum atomic E-state index is -0.978. The quantitative estimate of drug-likeness (QED) is 0.540. The third-order valence-electron chi connectivity index (χ3n) is 4.04. The van der Waals surface area contributed by atoms with Crippen LogP contribution in [0.2, 0.25) is 0 Å². The van der Waals surface area contributed by atoms with Gasteiger partial charge in [-0.05, 0) is 32.8 Å². The number of carbonyl (C=O) groups excluding carboxylic acids is 1. The number of hydrogen-bond acceptors (Lipinski definition) is 7. The van der Waals surface area contributed by atoms with Crippen LogP contribution in [0.15, 0.2) is 17.2 Å². The van der Waals surface area contributed by atoms with Crippen LogP contribution in [0.1, 0.15) is 32.0 Å². The predicted molar refractivity (Wildman–Crippen MR) is 93.4 cm³/mol. The maximum atomic E-state index is 12.7. The van der Waals surface area contributed by atoms with E-state index in [-0.39, 0.29) is 5.56 Å². The van der Waals surface area contributed by atoms with Crippen LogP contribution in [-0.2, 0) is 11.2 Å².